The molecule has 2 aromatic heterocycles. The summed E-state index contributed by atoms with van der Waals surface area (Å²) in [4.78, 5) is 271. The van der Waals surface area contributed by atoms with Crippen LogP contribution in [0.4, 0.5) is 0 Å². The molecular weight excluding hydrogens is 1760 g/mol. The number of phenolic OH excluding ortho intramolecular Hbond substituents is 1. The first kappa shape index (κ1) is 107. The van der Waals surface area contributed by atoms with Gasteiger partial charge in [-0.25, -0.2) is 0 Å². The molecule has 3 aromatic carbocycles. The van der Waals surface area contributed by atoms with Crippen LogP contribution in [0.3, 0.4) is 0 Å². The minimum Gasteiger partial charge on any atom is -0.508 e. The Kier molecular flexibility index (Phi) is 40.1. The number of unbranched alkanes of at least 4 members (excludes halogenated alkanes) is 2. The number of phenols is 1. The number of aliphatic carboxylic acids is 1. The maximum Gasteiger partial charge on any atom is 0.323 e. The molecule has 3 fully saturated rings. The van der Waals surface area contributed by atoms with Gasteiger partial charge in [0.25, 0.3) is 0 Å². The number of aliphatic hydroxyl groups excluding tert-OH is 1. The highest BCUT2D eigenvalue weighted by Crippen LogP contribution is 2.29. The molecule has 732 valence electrons. The Morgan fingerprint density at radius 3 is 1.73 bits per heavy atom. The van der Waals surface area contributed by atoms with Crippen LogP contribution in [0.5, 0.6) is 5.75 Å². The number of carbonyl (C=O) groups excluding carboxylic acids is 17. The maximum absolute atomic E-state index is 16.0. The zero-order valence-electron chi connectivity index (χ0n) is 77.5. The van der Waals surface area contributed by atoms with Gasteiger partial charge in [-0.15, -0.1) is 11.8 Å². The number of aliphatic hydroxyl groups is 1. The lowest BCUT2D eigenvalue weighted by Gasteiger charge is -2.36. The van der Waals surface area contributed by atoms with Crippen molar-refractivity contribution in [3.63, 3.8) is 0 Å². The molecule has 5 heterocycles. The number of likely N-dealkylation sites (N-methyl/N-ethyl adjacent to an activating group) is 3. The number of benzene rings is 3. The van der Waals surface area contributed by atoms with Crippen molar-refractivity contribution in [2.75, 3.05) is 65.4 Å². The summed E-state index contributed by atoms with van der Waals surface area (Å²) in [6.07, 6.45) is 0.961. The maximum atomic E-state index is 16.0. The first-order chi connectivity index (χ1) is 63.6. The van der Waals surface area contributed by atoms with E-state index in [1.54, 1.807) is 82.4 Å². The number of nitrogens with zero attached hydrogens (tertiary/aromatic N) is 6. The van der Waals surface area contributed by atoms with Gasteiger partial charge in [0, 0.05) is 106 Å². The van der Waals surface area contributed by atoms with Crippen LogP contribution in [-0.4, -0.2) is 312 Å². The van der Waals surface area contributed by atoms with Gasteiger partial charge in [-0.2, -0.15) is 0 Å². The fourth-order valence-corrected chi connectivity index (χ4v) is 17.7. The van der Waals surface area contributed by atoms with Crippen molar-refractivity contribution in [2.45, 2.75) is 248 Å². The fraction of sp³-hybridized carbons (Fsp3) is 0.560. The quantitative estimate of drug-likeness (QED) is 0.0278. The van der Waals surface area contributed by atoms with E-state index in [1.165, 1.54) is 63.1 Å². The summed E-state index contributed by atoms with van der Waals surface area (Å²) >= 11 is 0.785. The third-order valence-electron chi connectivity index (χ3n) is 24.1. The second-order valence-corrected chi connectivity index (χ2v) is 36.3. The molecule has 0 aliphatic carbocycles. The first-order valence-electron chi connectivity index (χ1n) is 45.3. The van der Waals surface area contributed by atoms with Gasteiger partial charge in [-0.05, 0) is 111 Å². The number of carboxylic acid groups (broad SMARTS) is 1. The number of aromatic hydroxyl groups is 1. The van der Waals surface area contributed by atoms with E-state index in [4.69, 9.17) is 22.9 Å². The van der Waals surface area contributed by atoms with Crippen molar-refractivity contribution < 1.29 is 102 Å². The van der Waals surface area contributed by atoms with Crippen LogP contribution >= 0.6 is 11.8 Å². The number of H-pyrrole nitrogens is 1. The smallest absolute Gasteiger partial charge is 0.323 e. The number of nitrogens with two attached hydrogens (primary N) is 4. The summed E-state index contributed by atoms with van der Waals surface area (Å²) in [5.41, 5.74) is 25.9. The van der Waals surface area contributed by atoms with Crippen LogP contribution in [-0.2, 0) is 112 Å². The molecule has 3 saturated heterocycles. The second kappa shape index (κ2) is 50.4. The molecule has 0 unspecified atom stereocenters. The van der Waals surface area contributed by atoms with Crippen molar-refractivity contribution in [3.05, 3.63) is 102 Å². The van der Waals surface area contributed by atoms with Crippen molar-refractivity contribution in [2.24, 2.45) is 34.8 Å². The highest BCUT2D eigenvalue weighted by atomic mass is 32.2. The molecule has 0 spiro atoms. The van der Waals surface area contributed by atoms with E-state index >= 15 is 33.6 Å². The number of fused-ring (bicyclic) bond motifs is 4. The third kappa shape index (κ3) is 29.4. The number of primary amides is 2. The topological polar surface area (TPSA) is 629 Å². The molecule has 8 rings (SSSR count). The Labute approximate surface area is 781 Å². The Morgan fingerprint density at radius 2 is 1.09 bits per heavy atom. The Balaban J connectivity index is 1.21. The summed E-state index contributed by atoms with van der Waals surface area (Å²) in [6.45, 7) is 9.26. The highest BCUT2D eigenvalue weighted by Gasteiger charge is 2.47. The number of hydrogen-bond donors (Lipinski definition) is 18. The lowest BCUT2D eigenvalue weighted by molar-refractivity contribution is -0.149. The normalized spacial score (nSPS) is 24.9. The van der Waals surface area contributed by atoms with Crippen molar-refractivity contribution in [1.29, 1.82) is 0 Å². The van der Waals surface area contributed by atoms with Crippen LogP contribution in [0.25, 0.3) is 21.8 Å². The summed E-state index contributed by atoms with van der Waals surface area (Å²) in [5.74, 6) is -18.8. The van der Waals surface area contributed by atoms with Gasteiger partial charge < -0.3 is 125 Å². The molecule has 3 aliphatic rings. The van der Waals surface area contributed by atoms with Gasteiger partial charge in [0.15, 0.2) is 0 Å². The summed E-state index contributed by atoms with van der Waals surface area (Å²) in [6, 6.07) is -2.14. The van der Waals surface area contributed by atoms with Crippen LogP contribution < -0.4 is 76.1 Å². The number of nitrogens with one attached hydrogen (secondary N) is 11. The van der Waals surface area contributed by atoms with E-state index in [9.17, 15) is 68.1 Å². The number of para-hydroxylation sites is 2. The molecule has 5 aromatic rings. The molecule has 0 bridgehead atoms. The van der Waals surface area contributed by atoms with E-state index in [0.29, 0.717) is 64.2 Å². The van der Waals surface area contributed by atoms with Gasteiger partial charge in [0.1, 0.15) is 96.9 Å². The van der Waals surface area contributed by atoms with Crippen molar-refractivity contribution in [1.82, 2.24) is 87.2 Å². The molecule has 3 aliphatic heterocycles. The van der Waals surface area contributed by atoms with Gasteiger partial charge in [0.2, 0.25) is 100 Å². The lowest BCUT2D eigenvalue weighted by Crippen LogP contribution is -2.62. The van der Waals surface area contributed by atoms with Crippen LogP contribution in [0.2, 0.25) is 0 Å². The molecule has 17 amide bonds. The number of amides is 17. The van der Waals surface area contributed by atoms with Gasteiger partial charge in [0.05, 0.1) is 24.8 Å². The van der Waals surface area contributed by atoms with Crippen LogP contribution in [0.1, 0.15) is 149 Å². The summed E-state index contributed by atoms with van der Waals surface area (Å²) < 4.78 is 1.44. The Morgan fingerprint density at radius 1 is 0.545 bits per heavy atom. The SMILES string of the molecule is CCCC[C@H]1C(=O)N(C)[C@@H](CCCC)C(=O)N[C@@H](CC(C)C)C(=O)N[C@H](C(=O)NCC(N)=O)CSCC(=O)N[C@@H](Cc2ccc(O)cc2)C(=O)N(C)[C@@H](C)C(=O)N[C@@H](CC(N)=O)C(=O)N2CCC[C@H]2C(=O)N[C@@H](CN)C(=O)N[C@@H](CC(C)C)C(=O)N2C[C@H](O)C[C@H]2C(=O)N[C@@H](Cc2c[nH]c3ccccc23)C(=O)N[C@@H](CCN)C(=O)N[C@@H](Cc2cn(CC(=O)O)c3ccccc23)C(=O)N1C. The van der Waals surface area contributed by atoms with Crippen molar-refractivity contribution in [3.8, 4) is 5.75 Å². The minimum atomic E-state index is -1.77. The number of hydrogen-bond acceptors (Lipinski definition) is 23. The molecule has 0 radical (unpaired) electrons. The number of aromatic amines is 1. The van der Waals surface area contributed by atoms with E-state index in [0.717, 1.165) is 36.3 Å². The largest absolute Gasteiger partial charge is 0.508 e. The number of thioether (sulfide) groups is 1. The lowest BCUT2D eigenvalue weighted by atomic mass is 9.99. The number of carboxylic acids is 1. The molecule has 134 heavy (non-hydrogen) atoms. The molecule has 43 heteroatoms. The molecule has 42 nitrogen and oxygen atoms in total. The molecular formula is C91H131N21O21S. The van der Waals surface area contributed by atoms with E-state index < -0.39 is 241 Å². The average molecular weight is 1890 g/mol. The molecule has 22 N–H and O–H groups in total. The average Bonchev–Trinajstić information content (AvgIpc) is 1.64. The van der Waals surface area contributed by atoms with Gasteiger partial charge in [-0.1, -0.05) is 116 Å². The highest BCUT2D eigenvalue weighted by molar-refractivity contribution is 8.00. The Bertz CT molecular complexity index is 5050. The monoisotopic (exact) mass is 1890 g/mol. The first-order valence-corrected chi connectivity index (χ1v) is 46.5. The minimum absolute atomic E-state index is 0.00250. The number of aromatic nitrogens is 2. The second-order valence-electron chi connectivity index (χ2n) is 35.3. The molecule has 0 saturated carbocycles. The van der Waals surface area contributed by atoms with Gasteiger partial charge in [-0.3, -0.25) is 86.3 Å². The van der Waals surface area contributed by atoms with E-state index in [2.05, 4.69) is 58.2 Å². The molecule has 15 atom stereocenters. The van der Waals surface area contributed by atoms with Crippen molar-refractivity contribution >= 4 is 140 Å². The Hall–Kier alpha value is -12.8. The standard InChI is InChI=1S/C91H131N21O21S/c1-11-13-23-70-84(126)100-61(34-49(3)4)81(123)106-68(79(121)97-43-75(95)116)47-134-48-76(117)98-64(36-52-27-29-55(113)30-28-52)87(129)107(8)51(7)78(120)102-66(40-74(94)115)89(131)111-33-19-26-71(111)85(127)105-67(41-93)83(125)103-63(35-50(5)6)90(132)112-45-56(114)39-73(112)86(128)101-62(37-53-42-96-59-22-17-15-20-57(53)59)82(124)99-60(31-32-92)80(122)104-65(88(130)109(10)72(24-14-12-2)91(133)108(70)9)38-54-44-110(46-77(118)119)69-25-18-16-21-58(54)69/h15-18,20-22,25,27-30,42,44,49-51,56,60-68,70-73,96,113-114H,11-14,19,23-24,26,31-41,43,45-48,92-93H2,1-10H3,(H2,94,115)(H2,95,116)(H,97,121)(H,98,117)(H,99,124)(H,100,126)(H,101,128)(H,102,120)(H,103,125)(H,104,122)(H,105,127)(H,106,123)(H,118,119)/t51-,56+,60-,61-,62-,63-,64-,65-,66-,67-,68-,70-,71-,72-,73-/m0/s1. The third-order valence-corrected chi connectivity index (χ3v) is 25.1. The number of rotatable bonds is 26. The number of carbonyl (C=O) groups is 18. The summed E-state index contributed by atoms with van der Waals surface area (Å²) in [7, 11) is 3.91. The van der Waals surface area contributed by atoms with Crippen LogP contribution in [0.15, 0.2) is 85.2 Å². The predicted molar refractivity (Wildman–Crippen MR) is 495 cm³/mol. The van der Waals surface area contributed by atoms with E-state index in [1.807, 2.05) is 13.8 Å². The zero-order valence-corrected chi connectivity index (χ0v) is 78.3. The fourth-order valence-electron chi connectivity index (χ4n) is 16.8. The van der Waals surface area contributed by atoms with Crippen LogP contribution in [0, 0.1) is 11.8 Å². The van der Waals surface area contributed by atoms with E-state index in [-0.39, 0.29) is 101 Å². The zero-order chi connectivity index (χ0) is 98.6. The summed E-state index contributed by atoms with van der Waals surface area (Å²) in [5, 5.41) is 59.4. The van der Waals surface area contributed by atoms with Gasteiger partial charge >= 0.3 is 5.97 Å². The predicted octanol–water partition coefficient (Wildman–Crippen LogP) is -2.24.